The zero-order chi connectivity index (χ0) is 17.7. The minimum atomic E-state index is -0.259. The number of hydrogen-bond donors (Lipinski definition) is 1. The Morgan fingerprint density at radius 2 is 1.88 bits per heavy atom. The van der Waals surface area contributed by atoms with Gasteiger partial charge in [-0.1, -0.05) is 37.3 Å². The molecule has 2 fully saturated rings. The molecule has 3 aliphatic rings. The average molecular weight is 360 g/mol. The summed E-state index contributed by atoms with van der Waals surface area (Å²) < 4.78 is 0. The van der Waals surface area contributed by atoms with Gasteiger partial charge in [0.25, 0.3) is 0 Å². The van der Waals surface area contributed by atoms with Crippen molar-refractivity contribution in [3.05, 3.63) is 17.2 Å². The van der Waals surface area contributed by atoms with Crippen molar-refractivity contribution in [1.82, 2.24) is 15.1 Å². The van der Waals surface area contributed by atoms with Gasteiger partial charge < -0.3 is 5.32 Å². The van der Waals surface area contributed by atoms with Crippen LogP contribution in [-0.2, 0) is 14.4 Å². The van der Waals surface area contributed by atoms with Crippen LogP contribution in [0.1, 0.15) is 37.6 Å². The molecular formula is C17H20N4O3S. The molecule has 1 N–H and O–H groups in total. The molecule has 4 atom stereocenters. The summed E-state index contributed by atoms with van der Waals surface area (Å²) in [5, 5.41) is 12.0. The lowest BCUT2D eigenvalue weighted by Gasteiger charge is -2.16. The Kier molecular flexibility index (Phi) is 3.94. The molecule has 2 bridgehead atoms. The molecule has 1 saturated heterocycles. The zero-order valence-corrected chi connectivity index (χ0v) is 15.0. The van der Waals surface area contributed by atoms with Crippen LogP contribution in [0.2, 0.25) is 0 Å². The number of hydrogen-bond acceptors (Lipinski definition) is 6. The first-order chi connectivity index (χ1) is 12.0. The largest absolute Gasteiger partial charge is 0.300 e. The van der Waals surface area contributed by atoms with E-state index in [4.69, 9.17) is 0 Å². The standard InChI is InChI=1S/C17H20N4O3S/c1-8(2)14-19-20-17(25-14)18-11(22)5-6-21-15(23)12-9-3-4-10(7-9)13(12)16(21)24/h3-4,8-10,12-13H,5-7H2,1-2H3,(H,18,20,22)/t9-,10-,12-,13-/m0/s1. The molecule has 132 valence electrons. The highest BCUT2D eigenvalue weighted by molar-refractivity contribution is 7.15. The number of nitrogens with zero attached hydrogens (tertiary/aromatic N) is 3. The first kappa shape index (κ1) is 16.4. The summed E-state index contributed by atoms with van der Waals surface area (Å²) in [5.41, 5.74) is 0. The van der Waals surface area contributed by atoms with Crippen LogP contribution < -0.4 is 5.32 Å². The van der Waals surface area contributed by atoms with Gasteiger partial charge >= 0.3 is 0 Å². The lowest BCUT2D eigenvalue weighted by atomic mass is 9.85. The van der Waals surface area contributed by atoms with E-state index >= 15 is 0 Å². The molecule has 2 heterocycles. The number of rotatable bonds is 5. The van der Waals surface area contributed by atoms with E-state index in [1.54, 1.807) is 0 Å². The van der Waals surface area contributed by atoms with Gasteiger partial charge in [-0.2, -0.15) is 0 Å². The molecule has 2 aliphatic carbocycles. The fraction of sp³-hybridized carbons (Fsp3) is 0.588. The van der Waals surface area contributed by atoms with Crippen LogP contribution in [0.15, 0.2) is 12.2 Å². The topological polar surface area (TPSA) is 92.3 Å². The van der Waals surface area contributed by atoms with Gasteiger partial charge in [-0.05, 0) is 18.3 Å². The van der Waals surface area contributed by atoms with Gasteiger partial charge in [-0.3, -0.25) is 19.3 Å². The number of likely N-dealkylation sites (tertiary alicyclic amines) is 1. The van der Waals surface area contributed by atoms with Crippen LogP contribution in [-0.4, -0.2) is 39.4 Å². The van der Waals surface area contributed by atoms with Gasteiger partial charge in [0.1, 0.15) is 5.01 Å². The Hall–Kier alpha value is -2.09. The first-order valence-corrected chi connectivity index (χ1v) is 9.44. The monoisotopic (exact) mass is 360 g/mol. The molecule has 1 saturated carbocycles. The third-order valence-corrected chi connectivity index (χ3v) is 6.44. The summed E-state index contributed by atoms with van der Waals surface area (Å²) in [6.07, 6.45) is 5.12. The summed E-state index contributed by atoms with van der Waals surface area (Å²) in [6.45, 7) is 4.15. The highest BCUT2D eigenvalue weighted by Gasteiger charge is 2.58. The highest BCUT2D eigenvalue weighted by atomic mass is 32.1. The number of fused-ring (bicyclic) bond motifs is 5. The molecule has 0 unspecified atom stereocenters. The van der Waals surface area contributed by atoms with Crippen LogP contribution in [0.3, 0.4) is 0 Å². The van der Waals surface area contributed by atoms with Crippen molar-refractivity contribution in [2.45, 2.75) is 32.6 Å². The van der Waals surface area contributed by atoms with Crippen LogP contribution in [0.5, 0.6) is 0 Å². The van der Waals surface area contributed by atoms with E-state index in [0.717, 1.165) is 11.4 Å². The van der Waals surface area contributed by atoms with Crippen molar-refractivity contribution in [1.29, 1.82) is 0 Å². The smallest absolute Gasteiger partial charge is 0.233 e. The summed E-state index contributed by atoms with van der Waals surface area (Å²) >= 11 is 1.34. The Morgan fingerprint density at radius 1 is 1.24 bits per heavy atom. The Balaban J connectivity index is 1.34. The second-order valence-electron chi connectivity index (χ2n) is 7.23. The van der Waals surface area contributed by atoms with Crippen molar-refractivity contribution in [2.75, 3.05) is 11.9 Å². The highest BCUT2D eigenvalue weighted by Crippen LogP contribution is 2.52. The molecule has 3 amide bonds. The summed E-state index contributed by atoms with van der Waals surface area (Å²) in [6, 6.07) is 0. The quantitative estimate of drug-likeness (QED) is 0.638. The Morgan fingerprint density at radius 3 is 2.44 bits per heavy atom. The molecule has 7 nitrogen and oxygen atoms in total. The van der Waals surface area contributed by atoms with E-state index < -0.39 is 0 Å². The minimum absolute atomic E-state index is 0.0796. The molecule has 1 aromatic rings. The number of amides is 3. The first-order valence-electron chi connectivity index (χ1n) is 8.62. The van der Waals surface area contributed by atoms with E-state index in [2.05, 4.69) is 27.7 Å². The Labute approximate surface area is 149 Å². The summed E-state index contributed by atoms with van der Waals surface area (Å²) in [5.74, 6) is -0.251. The van der Waals surface area contributed by atoms with E-state index in [9.17, 15) is 14.4 Å². The predicted molar refractivity (Wildman–Crippen MR) is 91.7 cm³/mol. The molecule has 0 radical (unpaired) electrons. The fourth-order valence-corrected chi connectivity index (χ4v) is 4.86. The summed E-state index contributed by atoms with van der Waals surface area (Å²) in [7, 11) is 0. The van der Waals surface area contributed by atoms with Gasteiger partial charge in [0.05, 0.1) is 11.8 Å². The maximum absolute atomic E-state index is 12.6. The molecule has 0 spiro atoms. The van der Waals surface area contributed by atoms with Crippen LogP contribution in [0.4, 0.5) is 5.13 Å². The van der Waals surface area contributed by atoms with Crippen LogP contribution in [0, 0.1) is 23.7 Å². The minimum Gasteiger partial charge on any atom is -0.300 e. The van der Waals surface area contributed by atoms with E-state index in [1.165, 1.54) is 16.2 Å². The second-order valence-corrected chi connectivity index (χ2v) is 8.24. The van der Waals surface area contributed by atoms with Crippen molar-refractivity contribution in [3.63, 3.8) is 0 Å². The molecular weight excluding hydrogens is 340 g/mol. The van der Waals surface area contributed by atoms with E-state index in [-0.39, 0.29) is 60.3 Å². The number of anilines is 1. The van der Waals surface area contributed by atoms with Gasteiger partial charge in [0.15, 0.2) is 0 Å². The third-order valence-electron chi connectivity index (χ3n) is 5.30. The number of aromatic nitrogens is 2. The van der Waals surface area contributed by atoms with Crippen molar-refractivity contribution < 1.29 is 14.4 Å². The molecule has 1 aliphatic heterocycles. The fourth-order valence-electron chi connectivity index (χ4n) is 4.10. The van der Waals surface area contributed by atoms with Gasteiger partial charge in [-0.15, -0.1) is 10.2 Å². The maximum Gasteiger partial charge on any atom is 0.233 e. The van der Waals surface area contributed by atoms with Gasteiger partial charge in [0.2, 0.25) is 22.9 Å². The van der Waals surface area contributed by atoms with Crippen molar-refractivity contribution in [3.8, 4) is 0 Å². The van der Waals surface area contributed by atoms with Crippen molar-refractivity contribution >= 4 is 34.2 Å². The van der Waals surface area contributed by atoms with Crippen molar-refractivity contribution in [2.24, 2.45) is 23.7 Å². The molecule has 1 aromatic heterocycles. The number of nitrogens with one attached hydrogen (secondary N) is 1. The van der Waals surface area contributed by atoms with Crippen LogP contribution in [0.25, 0.3) is 0 Å². The number of carbonyl (C=O) groups is 3. The SMILES string of the molecule is CC(C)c1nnc(NC(=O)CCN2C(=O)[C@@H]3[C@@H](C2=O)[C@H]2C=C[C@H]3C2)s1. The second kappa shape index (κ2) is 6.01. The van der Waals surface area contributed by atoms with E-state index in [1.807, 2.05) is 13.8 Å². The average Bonchev–Trinajstić information content (AvgIpc) is 3.31. The van der Waals surface area contributed by atoms with Crippen LogP contribution >= 0.6 is 11.3 Å². The summed E-state index contributed by atoms with van der Waals surface area (Å²) in [4.78, 5) is 38.5. The van der Waals surface area contributed by atoms with Gasteiger partial charge in [0, 0.05) is 18.9 Å². The van der Waals surface area contributed by atoms with E-state index in [0.29, 0.717) is 5.13 Å². The molecule has 0 aromatic carbocycles. The zero-order valence-electron chi connectivity index (χ0n) is 14.1. The number of carbonyl (C=O) groups excluding carboxylic acids is 3. The number of imide groups is 1. The third kappa shape index (κ3) is 2.68. The van der Waals surface area contributed by atoms with Gasteiger partial charge in [-0.25, -0.2) is 0 Å². The lowest BCUT2D eigenvalue weighted by Crippen LogP contribution is -2.35. The molecule has 25 heavy (non-hydrogen) atoms. The molecule has 4 rings (SSSR count). The lowest BCUT2D eigenvalue weighted by molar-refractivity contribution is -0.140. The maximum atomic E-state index is 12.6. The predicted octanol–water partition coefficient (Wildman–Crippen LogP) is 1.80. The molecule has 8 heteroatoms. The Bertz CT molecular complexity index is 742. The normalized spacial score (nSPS) is 29.8. The number of allylic oxidation sites excluding steroid dienone is 2.